The molecule has 4 nitrogen and oxygen atoms in total. The summed E-state index contributed by atoms with van der Waals surface area (Å²) in [5.74, 6) is 1.03. The van der Waals surface area contributed by atoms with Crippen LogP contribution in [0.15, 0.2) is 17.2 Å². The summed E-state index contributed by atoms with van der Waals surface area (Å²) in [5, 5.41) is 0. The first-order chi connectivity index (χ1) is 7.77. The summed E-state index contributed by atoms with van der Waals surface area (Å²) in [6.07, 6.45) is 5.68. The van der Waals surface area contributed by atoms with Crippen molar-refractivity contribution in [2.45, 2.75) is 25.8 Å². The fourth-order valence-corrected chi connectivity index (χ4v) is 1.99. The van der Waals surface area contributed by atoms with Gasteiger partial charge in [-0.3, -0.25) is 4.79 Å². The van der Waals surface area contributed by atoms with E-state index in [1.54, 1.807) is 17.0 Å². The first kappa shape index (κ1) is 11.5. The molecular formula is C11H16ClN3O. The molecule has 0 radical (unpaired) electrons. The number of rotatable bonds is 5. The molecule has 1 heterocycles. The molecule has 1 aromatic rings. The summed E-state index contributed by atoms with van der Waals surface area (Å²) in [5.41, 5.74) is 0.0111. The predicted octanol–water partition coefficient (Wildman–Crippen LogP) is 1.64. The Morgan fingerprint density at radius 3 is 2.94 bits per heavy atom. The highest BCUT2D eigenvalue weighted by molar-refractivity contribution is 6.18. The second kappa shape index (κ2) is 4.87. The molecule has 1 saturated carbocycles. The summed E-state index contributed by atoms with van der Waals surface area (Å²) < 4.78 is 1.79. The molecular weight excluding hydrogens is 226 g/mol. The lowest BCUT2D eigenvalue weighted by molar-refractivity contribution is 0.687. The van der Waals surface area contributed by atoms with Gasteiger partial charge in [0.2, 0.25) is 0 Å². The van der Waals surface area contributed by atoms with Crippen LogP contribution in [0.2, 0.25) is 0 Å². The van der Waals surface area contributed by atoms with Crippen molar-refractivity contribution in [1.82, 2.24) is 9.55 Å². The van der Waals surface area contributed by atoms with Crippen LogP contribution in [-0.4, -0.2) is 28.5 Å². The summed E-state index contributed by atoms with van der Waals surface area (Å²) in [6.45, 7) is 3.42. The van der Waals surface area contributed by atoms with E-state index in [2.05, 4.69) is 4.98 Å². The second-order valence-electron chi connectivity index (χ2n) is 3.96. The zero-order valence-electron chi connectivity index (χ0n) is 9.40. The minimum absolute atomic E-state index is 0.0111. The van der Waals surface area contributed by atoms with E-state index in [1.165, 1.54) is 0 Å². The van der Waals surface area contributed by atoms with Gasteiger partial charge in [0.15, 0.2) is 5.82 Å². The van der Waals surface area contributed by atoms with Crippen LogP contribution in [-0.2, 0) is 0 Å². The van der Waals surface area contributed by atoms with E-state index in [9.17, 15) is 4.79 Å². The number of hydrogen-bond donors (Lipinski definition) is 0. The third-order valence-electron chi connectivity index (χ3n) is 2.83. The first-order valence-corrected chi connectivity index (χ1v) is 6.19. The van der Waals surface area contributed by atoms with Crippen LogP contribution in [0.1, 0.15) is 25.8 Å². The Morgan fingerprint density at radius 1 is 1.62 bits per heavy atom. The molecule has 0 aliphatic heterocycles. The van der Waals surface area contributed by atoms with Gasteiger partial charge in [-0.2, -0.15) is 0 Å². The van der Waals surface area contributed by atoms with Crippen molar-refractivity contribution in [2.24, 2.45) is 0 Å². The van der Waals surface area contributed by atoms with E-state index in [0.717, 1.165) is 19.4 Å². The summed E-state index contributed by atoms with van der Waals surface area (Å²) in [6, 6.07) is 0.393. The monoisotopic (exact) mass is 241 g/mol. The van der Waals surface area contributed by atoms with Crippen molar-refractivity contribution < 1.29 is 0 Å². The van der Waals surface area contributed by atoms with E-state index in [-0.39, 0.29) is 5.56 Å². The zero-order valence-corrected chi connectivity index (χ0v) is 10.2. The van der Waals surface area contributed by atoms with Gasteiger partial charge in [0.25, 0.3) is 5.56 Å². The molecule has 1 aliphatic rings. The van der Waals surface area contributed by atoms with Gasteiger partial charge in [-0.15, -0.1) is 11.6 Å². The van der Waals surface area contributed by atoms with E-state index < -0.39 is 0 Å². The van der Waals surface area contributed by atoms with Crippen LogP contribution < -0.4 is 10.5 Å². The molecule has 16 heavy (non-hydrogen) atoms. The van der Waals surface area contributed by atoms with Crippen molar-refractivity contribution >= 4 is 17.4 Å². The SMILES string of the molecule is CCN(CCCl)c1nccn(C2CC2)c1=O. The Morgan fingerprint density at radius 2 is 2.38 bits per heavy atom. The fraction of sp³-hybridized carbons (Fsp3) is 0.636. The van der Waals surface area contributed by atoms with Gasteiger partial charge in [-0.1, -0.05) is 0 Å². The van der Waals surface area contributed by atoms with Crippen LogP contribution >= 0.6 is 11.6 Å². The highest BCUT2D eigenvalue weighted by Crippen LogP contribution is 2.33. The fourth-order valence-electron chi connectivity index (χ4n) is 1.79. The number of anilines is 1. The lowest BCUT2D eigenvalue weighted by Gasteiger charge is -2.20. The maximum absolute atomic E-state index is 12.1. The van der Waals surface area contributed by atoms with Crippen LogP contribution in [0.5, 0.6) is 0 Å². The molecule has 0 atom stereocenters. The Hall–Kier alpha value is -1.03. The van der Waals surface area contributed by atoms with Crippen LogP contribution in [0.25, 0.3) is 0 Å². The molecule has 0 bridgehead atoms. The molecule has 1 fully saturated rings. The normalized spacial score (nSPS) is 15.1. The molecule has 88 valence electrons. The van der Waals surface area contributed by atoms with E-state index in [0.29, 0.717) is 24.3 Å². The van der Waals surface area contributed by atoms with Crippen LogP contribution in [0, 0.1) is 0 Å². The standard InChI is InChI=1S/C11H16ClN3O/c1-2-14(7-5-12)10-11(16)15(8-6-13-10)9-3-4-9/h6,8-9H,2-5,7H2,1H3. The third kappa shape index (κ3) is 2.21. The van der Waals surface area contributed by atoms with Crippen molar-refractivity contribution in [3.05, 3.63) is 22.7 Å². The van der Waals surface area contributed by atoms with Crippen molar-refractivity contribution in [3.63, 3.8) is 0 Å². The van der Waals surface area contributed by atoms with Gasteiger partial charge in [0.1, 0.15) is 0 Å². The predicted molar refractivity (Wildman–Crippen MR) is 65.4 cm³/mol. The molecule has 0 spiro atoms. The Bertz CT molecular complexity index is 414. The van der Waals surface area contributed by atoms with Crippen molar-refractivity contribution in [2.75, 3.05) is 23.9 Å². The minimum Gasteiger partial charge on any atom is -0.351 e. The van der Waals surface area contributed by atoms with Gasteiger partial charge in [0.05, 0.1) is 0 Å². The maximum atomic E-state index is 12.1. The van der Waals surface area contributed by atoms with Gasteiger partial charge in [0, 0.05) is 37.4 Å². The summed E-state index contributed by atoms with van der Waals surface area (Å²) >= 11 is 5.71. The largest absolute Gasteiger partial charge is 0.351 e. The molecule has 0 aromatic carbocycles. The van der Waals surface area contributed by atoms with E-state index >= 15 is 0 Å². The van der Waals surface area contributed by atoms with Crippen LogP contribution in [0.3, 0.4) is 0 Å². The van der Waals surface area contributed by atoms with Crippen LogP contribution in [0.4, 0.5) is 5.82 Å². The van der Waals surface area contributed by atoms with Crippen molar-refractivity contribution in [1.29, 1.82) is 0 Å². The highest BCUT2D eigenvalue weighted by Gasteiger charge is 2.26. The lowest BCUT2D eigenvalue weighted by Crippen LogP contribution is -2.34. The molecule has 5 heteroatoms. The number of nitrogens with zero attached hydrogens (tertiary/aromatic N) is 3. The van der Waals surface area contributed by atoms with Gasteiger partial charge in [-0.05, 0) is 19.8 Å². The average Bonchev–Trinajstić information content (AvgIpc) is 3.11. The smallest absolute Gasteiger partial charge is 0.293 e. The first-order valence-electron chi connectivity index (χ1n) is 5.66. The Balaban J connectivity index is 2.32. The van der Waals surface area contributed by atoms with Crippen molar-refractivity contribution in [3.8, 4) is 0 Å². The molecule has 0 N–H and O–H groups in total. The number of aromatic nitrogens is 2. The maximum Gasteiger partial charge on any atom is 0.293 e. The zero-order chi connectivity index (χ0) is 11.5. The summed E-state index contributed by atoms with van der Waals surface area (Å²) in [7, 11) is 0. The molecule has 0 unspecified atom stereocenters. The van der Waals surface area contributed by atoms with Gasteiger partial charge in [-0.25, -0.2) is 4.98 Å². The van der Waals surface area contributed by atoms with E-state index in [1.807, 2.05) is 11.8 Å². The molecule has 2 rings (SSSR count). The van der Waals surface area contributed by atoms with Gasteiger partial charge >= 0.3 is 0 Å². The lowest BCUT2D eigenvalue weighted by atomic mass is 10.4. The second-order valence-corrected chi connectivity index (χ2v) is 4.34. The van der Waals surface area contributed by atoms with Gasteiger partial charge < -0.3 is 9.47 Å². The third-order valence-corrected chi connectivity index (χ3v) is 2.99. The topological polar surface area (TPSA) is 38.1 Å². The van der Waals surface area contributed by atoms with E-state index in [4.69, 9.17) is 11.6 Å². The molecule has 1 aliphatic carbocycles. The Labute approximate surface area is 99.9 Å². The number of alkyl halides is 1. The molecule has 0 amide bonds. The summed E-state index contributed by atoms with van der Waals surface area (Å²) in [4.78, 5) is 18.2. The molecule has 0 saturated heterocycles. The minimum atomic E-state index is 0.0111. The average molecular weight is 242 g/mol. The number of hydrogen-bond acceptors (Lipinski definition) is 3. The quantitative estimate of drug-likeness (QED) is 0.736. The molecule has 1 aromatic heterocycles. The highest BCUT2D eigenvalue weighted by atomic mass is 35.5. The number of halogens is 1. The Kier molecular flexibility index (Phi) is 3.49.